The monoisotopic (exact) mass is 180 g/mol. The van der Waals surface area contributed by atoms with Crippen molar-refractivity contribution in [2.75, 3.05) is 0 Å². The summed E-state index contributed by atoms with van der Waals surface area (Å²) in [6.45, 7) is 0. The van der Waals surface area contributed by atoms with E-state index in [-0.39, 0.29) is 0 Å². The van der Waals surface area contributed by atoms with Gasteiger partial charge in [-0.2, -0.15) is 5.26 Å². The first-order chi connectivity index (χ1) is 6.92. The quantitative estimate of drug-likeness (QED) is 0.672. The molecule has 0 unspecified atom stereocenters. The molecule has 2 heterocycles. The van der Waals surface area contributed by atoms with E-state index >= 15 is 0 Å². The summed E-state index contributed by atoms with van der Waals surface area (Å²) in [6, 6.07) is 11.9. The van der Waals surface area contributed by atoms with Gasteiger partial charge in [0.15, 0.2) is 0 Å². The molecule has 65 valence electrons. The van der Waals surface area contributed by atoms with Gasteiger partial charge in [0.1, 0.15) is 11.8 Å². The number of hydrogen-bond acceptors (Lipinski definition) is 3. The van der Waals surface area contributed by atoms with Gasteiger partial charge in [0.2, 0.25) is 0 Å². The topological polar surface area (TPSA) is 49.6 Å². The molecule has 0 aromatic carbocycles. The lowest BCUT2D eigenvalue weighted by molar-refractivity contribution is 1.23. The fourth-order valence-corrected chi connectivity index (χ4v) is 1.16. The molecule has 0 atom stereocenters. The molecule has 0 N–H and O–H groups in total. The van der Waals surface area contributed by atoms with Crippen molar-refractivity contribution in [3.8, 4) is 17.5 Å². The zero-order valence-corrected chi connectivity index (χ0v) is 7.31. The van der Waals surface area contributed by atoms with Crippen molar-refractivity contribution >= 4 is 0 Å². The van der Waals surface area contributed by atoms with Gasteiger partial charge in [-0.3, -0.25) is 9.97 Å². The number of aromatic nitrogens is 2. The number of hydrogen-bond donors (Lipinski definition) is 0. The molecule has 0 amide bonds. The highest BCUT2D eigenvalue weighted by Gasteiger charge is 2.05. The maximum atomic E-state index is 8.85. The molecule has 0 aliphatic heterocycles. The van der Waals surface area contributed by atoms with Crippen molar-refractivity contribution in [1.29, 1.82) is 5.26 Å². The normalized spacial score (nSPS) is 9.36. The van der Waals surface area contributed by atoms with E-state index < -0.39 is 0 Å². The average molecular weight is 180 g/mol. The summed E-state index contributed by atoms with van der Waals surface area (Å²) in [5.41, 5.74) is 1.84. The number of rotatable bonds is 1. The van der Waals surface area contributed by atoms with E-state index in [1.165, 1.54) is 0 Å². The van der Waals surface area contributed by atoms with Gasteiger partial charge in [-0.25, -0.2) is 0 Å². The maximum Gasteiger partial charge on any atom is 0.106 e. The molecule has 0 bridgehead atoms. The molecule has 2 rings (SSSR count). The third-order valence-corrected chi connectivity index (χ3v) is 1.79. The van der Waals surface area contributed by atoms with Crippen molar-refractivity contribution < 1.29 is 0 Å². The highest BCUT2D eigenvalue weighted by Crippen LogP contribution is 2.16. The minimum atomic E-state index is 0.534. The lowest BCUT2D eigenvalue weighted by Crippen LogP contribution is -1.90. The molecule has 1 radical (unpaired) electrons. The number of pyridine rings is 2. The third kappa shape index (κ3) is 1.46. The zero-order valence-electron chi connectivity index (χ0n) is 7.31. The van der Waals surface area contributed by atoms with Gasteiger partial charge in [0.05, 0.1) is 11.3 Å². The van der Waals surface area contributed by atoms with Gasteiger partial charge in [-0.15, -0.1) is 0 Å². The summed E-state index contributed by atoms with van der Waals surface area (Å²) in [4.78, 5) is 8.21. The van der Waals surface area contributed by atoms with Crippen LogP contribution >= 0.6 is 0 Å². The molecule has 2 aromatic heterocycles. The van der Waals surface area contributed by atoms with Crippen LogP contribution in [0.1, 0.15) is 5.56 Å². The van der Waals surface area contributed by atoms with E-state index in [0.29, 0.717) is 17.0 Å². The van der Waals surface area contributed by atoms with Crippen LogP contribution in [0.2, 0.25) is 0 Å². The predicted molar refractivity (Wildman–Crippen MR) is 51.0 cm³/mol. The van der Waals surface area contributed by atoms with Crippen LogP contribution in [0.4, 0.5) is 0 Å². The fourth-order valence-electron chi connectivity index (χ4n) is 1.16. The summed E-state index contributed by atoms with van der Waals surface area (Å²) < 4.78 is 0. The van der Waals surface area contributed by atoms with Gasteiger partial charge < -0.3 is 0 Å². The first kappa shape index (κ1) is 8.39. The van der Waals surface area contributed by atoms with Crippen molar-refractivity contribution in [2.45, 2.75) is 0 Å². The summed E-state index contributed by atoms with van der Waals surface area (Å²) >= 11 is 0. The first-order valence-corrected chi connectivity index (χ1v) is 4.09. The van der Waals surface area contributed by atoms with Crippen LogP contribution in [-0.4, -0.2) is 9.97 Å². The van der Waals surface area contributed by atoms with Gasteiger partial charge in [-0.05, 0) is 18.2 Å². The van der Waals surface area contributed by atoms with Crippen LogP contribution in [-0.2, 0) is 0 Å². The molecule has 0 saturated carbocycles. The van der Waals surface area contributed by atoms with Crippen molar-refractivity contribution in [1.82, 2.24) is 9.97 Å². The van der Waals surface area contributed by atoms with Crippen molar-refractivity contribution in [2.24, 2.45) is 0 Å². The fraction of sp³-hybridized carbons (Fsp3) is 0. The van der Waals surface area contributed by atoms with Crippen LogP contribution in [0.3, 0.4) is 0 Å². The molecule has 0 aliphatic carbocycles. The van der Waals surface area contributed by atoms with Crippen LogP contribution < -0.4 is 0 Å². The van der Waals surface area contributed by atoms with Crippen LogP contribution in [0.5, 0.6) is 0 Å². The Balaban J connectivity index is 2.58. The Morgan fingerprint density at radius 1 is 1.29 bits per heavy atom. The van der Waals surface area contributed by atoms with Crippen LogP contribution in [0.25, 0.3) is 11.4 Å². The average Bonchev–Trinajstić information content (AvgIpc) is 2.30. The zero-order chi connectivity index (χ0) is 9.80. The molecular weight excluding hydrogens is 174 g/mol. The third-order valence-electron chi connectivity index (χ3n) is 1.79. The van der Waals surface area contributed by atoms with Crippen molar-refractivity contribution in [3.63, 3.8) is 0 Å². The van der Waals surface area contributed by atoms with E-state index in [1.807, 2.05) is 0 Å². The van der Waals surface area contributed by atoms with Gasteiger partial charge in [-0.1, -0.05) is 6.07 Å². The van der Waals surface area contributed by atoms with Crippen molar-refractivity contribution in [3.05, 3.63) is 48.3 Å². The Hall–Kier alpha value is -2.21. The summed E-state index contributed by atoms with van der Waals surface area (Å²) in [5.74, 6) is 0. The molecule has 2 aromatic rings. The Kier molecular flexibility index (Phi) is 2.20. The highest BCUT2D eigenvalue weighted by atomic mass is 14.8. The Bertz CT molecular complexity index is 471. The molecule has 3 nitrogen and oxygen atoms in total. The van der Waals surface area contributed by atoms with E-state index in [0.717, 1.165) is 0 Å². The van der Waals surface area contributed by atoms with E-state index in [9.17, 15) is 0 Å². The Labute approximate surface area is 81.7 Å². The summed E-state index contributed by atoms with van der Waals surface area (Å²) in [6.07, 6.45) is 3.21. The Morgan fingerprint density at radius 3 is 2.93 bits per heavy atom. The second-order valence-electron chi connectivity index (χ2n) is 2.65. The predicted octanol–water partition coefficient (Wildman–Crippen LogP) is 1.82. The van der Waals surface area contributed by atoms with Crippen LogP contribution in [0, 0.1) is 17.4 Å². The Morgan fingerprint density at radius 2 is 2.21 bits per heavy atom. The minimum Gasteiger partial charge on any atom is -0.254 e. The number of nitriles is 1. The van der Waals surface area contributed by atoms with Gasteiger partial charge in [0.25, 0.3) is 0 Å². The second kappa shape index (κ2) is 3.67. The van der Waals surface area contributed by atoms with Crippen LogP contribution in [0.15, 0.2) is 36.7 Å². The SMILES string of the molecule is N#Cc1cccnc1-c1cc[c]cn1. The number of nitrogens with zero attached hydrogens (tertiary/aromatic N) is 3. The van der Waals surface area contributed by atoms with Gasteiger partial charge in [0, 0.05) is 18.5 Å². The lowest BCUT2D eigenvalue weighted by atomic mass is 10.1. The second-order valence-corrected chi connectivity index (χ2v) is 2.65. The molecule has 0 fully saturated rings. The molecule has 0 spiro atoms. The van der Waals surface area contributed by atoms with E-state index in [2.05, 4.69) is 22.1 Å². The summed E-state index contributed by atoms with van der Waals surface area (Å²) in [5, 5.41) is 8.85. The first-order valence-electron chi connectivity index (χ1n) is 4.09. The van der Waals surface area contributed by atoms with E-state index in [1.54, 1.807) is 36.7 Å². The lowest BCUT2D eigenvalue weighted by Gasteiger charge is -1.99. The molecule has 14 heavy (non-hydrogen) atoms. The summed E-state index contributed by atoms with van der Waals surface area (Å²) in [7, 11) is 0. The smallest absolute Gasteiger partial charge is 0.106 e. The minimum absolute atomic E-state index is 0.534. The highest BCUT2D eigenvalue weighted by molar-refractivity contribution is 5.62. The maximum absolute atomic E-state index is 8.85. The van der Waals surface area contributed by atoms with E-state index in [4.69, 9.17) is 5.26 Å². The molecule has 0 aliphatic rings. The largest absolute Gasteiger partial charge is 0.254 e. The molecule has 3 heteroatoms. The molecular formula is C11H6N3. The van der Waals surface area contributed by atoms with Gasteiger partial charge >= 0.3 is 0 Å². The standard InChI is InChI=1S/C11H6N3/c12-8-9-4-3-7-14-11(9)10-5-1-2-6-13-10/h1,3-7H. The molecule has 0 saturated heterocycles.